The normalized spacial score (nSPS) is 11.2. The molecule has 16 heavy (non-hydrogen) atoms. The van der Waals surface area contributed by atoms with Crippen LogP contribution in [-0.4, -0.2) is 5.78 Å². The van der Waals surface area contributed by atoms with Crippen molar-refractivity contribution in [1.82, 2.24) is 0 Å². The van der Waals surface area contributed by atoms with Gasteiger partial charge in [0.25, 0.3) is 0 Å². The van der Waals surface area contributed by atoms with E-state index in [0.717, 1.165) is 12.0 Å². The molecule has 1 heteroatoms. The van der Waals surface area contributed by atoms with Gasteiger partial charge in [-0.25, -0.2) is 0 Å². The number of ketones is 1. The fraction of sp³-hybridized carbons (Fsp3) is 0.533. The molecule has 1 unspecified atom stereocenters. The van der Waals surface area contributed by atoms with E-state index >= 15 is 0 Å². The van der Waals surface area contributed by atoms with Gasteiger partial charge in [0.05, 0.1) is 0 Å². The number of carbonyl (C=O) groups is 1. The van der Waals surface area contributed by atoms with E-state index in [2.05, 4.69) is 13.8 Å². The molecule has 0 aliphatic heterocycles. The Hall–Kier alpha value is -1.11. The van der Waals surface area contributed by atoms with E-state index in [1.807, 2.05) is 37.3 Å². The molecule has 90 valence electrons. The summed E-state index contributed by atoms with van der Waals surface area (Å²) in [6.45, 7) is 8.06. The van der Waals surface area contributed by atoms with Crippen molar-refractivity contribution >= 4 is 5.78 Å². The van der Waals surface area contributed by atoms with Gasteiger partial charge in [-0.15, -0.1) is 0 Å². The molecule has 0 aromatic heterocycles. The fourth-order valence-corrected chi connectivity index (χ4v) is 1.44. The summed E-state index contributed by atoms with van der Waals surface area (Å²) in [7, 11) is 0. The topological polar surface area (TPSA) is 17.1 Å². The predicted molar refractivity (Wildman–Crippen MR) is 70.7 cm³/mol. The van der Waals surface area contributed by atoms with Crippen LogP contribution in [0, 0.1) is 0 Å². The summed E-state index contributed by atoms with van der Waals surface area (Å²) in [4.78, 5) is 11.2. The third-order valence-electron chi connectivity index (χ3n) is 2.60. The van der Waals surface area contributed by atoms with Gasteiger partial charge in [-0.1, -0.05) is 63.9 Å². The zero-order chi connectivity index (χ0) is 12.4. The van der Waals surface area contributed by atoms with Crippen LogP contribution in [0.1, 0.15) is 58.4 Å². The minimum Gasteiger partial charge on any atom is -0.299 e. The van der Waals surface area contributed by atoms with Gasteiger partial charge in [-0.05, 0) is 18.9 Å². The van der Waals surface area contributed by atoms with Crippen LogP contribution in [0.4, 0.5) is 0 Å². The molecule has 1 nitrogen and oxygen atoms in total. The lowest BCUT2D eigenvalue weighted by atomic mass is 9.93. The van der Waals surface area contributed by atoms with Gasteiger partial charge in [-0.2, -0.15) is 0 Å². The third kappa shape index (κ3) is 5.69. The van der Waals surface area contributed by atoms with Gasteiger partial charge in [-0.3, -0.25) is 4.79 Å². The lowest BCUT2D eigenvalue weighted by Crippen LogP contribution is -2.06. The number of carbonyl (C=O) groups excluding carboxylic acids is 1. The van der Waals surface area contributed by atoms with Gasteiger partial charge in [0.2, 0.25) is 0 Å². The summed E-state index contributed by atoms with van der Waals surface area (Å²) in [5.41, 5.74) is 1.13. The van der Waals surface area contributed by atoms with E-state index in [-0.39, 0.29) is 11.7 Å². The highest BCUT2D eigenvalue weighted by Crippen LogP contribution is 2.19. The zero-order valence-corrected chi connectivity index (χ0v) is 11.0. The van der Waals surface area contributed by atoms with Crippen LogP contribution in [0.3, 0.4) is 0 Å². The summed E-state index contributed by atoms with van der Waals surface area (Å²) < 4.78 is 0. The van der Waals surface area contributed by atoms with E-state index in [4.69, 9.17) is 0 Å². The first-order valence-electron chi connectivity index (χ1n) is 6.22. The monoisotopic (exact) mass is 220 g/mol. The van der Waals surface area contributed by atoms with Crippen molar-refractivity contribution < 1.29 is 4.79 Å². The van der Waals surface area contributed by atoms with Crippen LogP contribution in [-0.2, 0) is 4.79 Å². The standard InChI is InChI=1S/C11H14O.C4H10/c1-3-11(9(2)12)10-7-5-4-6-8-10;1-3-4-2/h4-8,11H,3H2,1-2H3;3-4H2,1-2H3. The predicted octanol–water partition coefficient (Wildman–Crippen LogP) is 4.58. The molecular weight excluding hydrogens is 196 g/mol. The molecule has 0 aliphatic rings. The maximum absolute atomic E-state index is 11.2. The van der Waals surface area contributed by atoms with Crippen molar-refractivity contribution in [2.45, 2.75) is 52.9 Å². The van der Waals surface area contributed by atoms with Crippen LogP contribution in [0.5, 0.6) is 0 Å². The second kappa shape index (κ2) is 9.14. The SMILES string of the molecule is CCC(C(C)=O)c1ccccc1.CCCC. The summed E-state index contributed by atoms with van der Waals surface area (Å²) >= 11 is 0. The van der Waals surface area contributed by atoms with Crippen LogP contribution in [0.2, 0.25) is 0 Å². The van der Waals surface area contributed by atoms with E-state index in [0.29, 0.717) is 0 Å². The summed E-state index contributed by atoms with van der Waals surface area (Å²) in [6, 6.07) is 9.93. The van der Waals surface area contributed by atoms with E-state index < -0.39 is 0 Å². The van der Waals surface area contributed by atoms with E-state index in [9.17, 15) is 4.79 Å². The highest BCUT2D eigenvalue weighted by Gasteiger charge is 2.12. The van der Waals surface area contributed by atoms with E-state index in [1.54, 1.807) is 6.92 Å². The highest BCUT2D eigenvalue weighted by molar-refractivity contribution is 5.83. The molecule has 1 atom stereocenters. The molecule has 1 aromatic carbocycles. The molecule has 0 saturated heterocycles. The Labute approximate surface area is 99.9 Å². The lowest BCUT2D eigenvalue weighted by Gasteiger charge is -2.10. The molecule has 0 amide bonds. The average molecular weight is 220 g/mol. The maximum Gasteiger partial charge on any atom is 0.137 e. The Kier molecular flexibility index (Phi) is 8.51. The number of unbranched alkanes of at least 4 members (excludes halogenated alkanes) is 1. The van der Waals surface area contributed by atoms with Crippen molar-refractivity contribution in [3.8, 4) is 0 Å². The first kappa shape index (κ1) is 14.9. The maximum atomic E-state index is 11.2. The number of hydrogen-bond donors (Lipinski definition) is 0. The van der Waals surface area contributed by atoms with Crippen LogP contribution in [0.15, 0.2) is 30.3 Å². The lowest BCUT2D eigenvalue weighted by molar-refractivity contribution is -0.118. The molecule has 0 N–H and O–H groups in total. The van der Waals surface area contributed by atoms with Crippen LogP contribution < -0.4 is 0 Å². The Bertz CT molecular complexity index is 275. The highest BCUT2D eigenvalue weighted by atomic mass is 16.1. The van der Waals surface area contributed by atoms with Crippen molar-refractivity contribution in [2.24, 2.45) is 0 Å². The van der Waals surface area contributed by atoms with E-state index in [1.165, 1.54) is 12.8 Å². The van der Waals surface area contributed by atoms with Crippen molar-refractivity contribution in [3.63, 3.8) is 0 Å². The summed E-state index contributed by atoms with van der Waals surface area (Å²) in [5.74, 6) is 0.342. The molecule has 1 aromatic rings. The van der Waals surface area contributed by atoms with Crippen LogP contribution in [0.25, 0.3) is 0 Å². The molecule has 0 fully saturated rings. The molecule has 0 radical (unpaired) electrons. The molecule has 0 heterocycles. The zero-order valence-electron chi connectivity index (χ0n) is 11.0. The molecule has 0 spiro atoms. The van der Waals surface area contributed by atoms with Gasteiger partial charge in [0.1, 0.15) is 5.78 Å². The first-order valence-corrected chi connectivity index (χ1v) is 6.22. The fourth-order valence-electron chi connectivity index (χ4n) is 1.44. The van der Waals surface area contributed by atoms with Gasteiger partial charge < -0.3 is 0 Å². The smallest absolute Gasteiger partial charge is 0.137 e. The van der Waals surface area contributed by atoms with Crippen molar-refractivity contribution in [3.05, 3.63) is 35.9 Å². The number of Topliss-reactive ketones (excluding diaryl/α,β-unsaturated/α-hetero) is 1. The minimum absolute atomic E-state index is 0.0891. The molecule has 0 saturated carbocycles. The minimum atomic E-state index is 0.0891. The first-order chi connectivity index (χ1) is 7.67. The second-order valence-corrected chi connectivity index (χ2v) is 3.98. The molecule has 0 aliphatic carbocycles. The Balaban J connectivity index is 0.000000487. The van der Waals surface area contributed by atoms with Crippen molar-refractivity contribution in [2.75, 3.05) is 0 Å². The quantitative estimate of drug-likeness (QED) is 0.726. The van der Waals surface area contributed by atoms with Crippen LogP contribution >= 0.6 is 0 Å². The number of hydrogen-bond acceptors (Lipinski definition) is 1. The second-order valence-electron chi connectivity index (χ2n) is 3.98. The summed E-state index contributed by atoms with van der Waals surface area (Å²) in [5, 5.41) is 0. The molecular formula is C15H24O. The number of benzene rings is 1. The Morgan fingerprint density at radius 1 is 1.06 bits per heavy atom. The number of rotatable bonds is 4. The van der Waals surface area contributed by atoms with Gasteiger partial charge in [0.15, 0.2) is 0 Å². The summed E-state index contributed by atoms with van der Waals surface area (Å²) in [6.07, 6.45) is 3.53. The molecule has 0 bridgehead atoms. The Morgan fingerprint density at radius 3 is 1.88 bits per heavy atom. The average Bonchev–Trinajstić information content (AvgIpc) is 2.31. The Morgan fingerprint density at radius 2 is 1.56 bits per heavy atom. The third-order valence-corrected chi connectivity index (χ3v) is 2.60. The largest absolute Gasteiger partial charge is 0.299 e. The molecule has 1 rings (SSSR count). The van der Waals surface area contributed by atoms with Gasteiger partial charge in [0, 0.05) is 5.92 Å². The van der Waals surface area contributed by atoms with Crippen molar-refractivity contribution in [1.29, 1.82) is 0 Å². The van der Waals surface area contributed by atoms with Gasteiger partial charge >= 0.3 is 0 Å².